The summed E-state index contributed by atoms with van der Waals surface area (Å²) in [7, 11) is 3.60. The summed E-state index contributed by atoms with van der Waals surface area (Å²) in [5.74, 6) is 0.943. The van der Waals surface area contributed by atoms with Gasteiger partial charge in [-0.1, -0.05) is 0 Å². The van der Waals surface area contributed by atoms with E-state index in [4.69, 9.17) is 18.6 Å². The first-order valence-corrected chi connectivity index (χ1v) is 8.83. The maximum atomic E-state index is 12.2. The largest absolute Gasteiger partial charge is 0.468 e. The van der Waals surface area contributed by atoms with Gasteiger partial charge in [-0.15, -0.1) is 0 Å². The molecule has 0 saturated carbocycles. The van der Waals surface area contributed by atoms with Crippen molar-refractivity contribution in [3.05, 3.63) is 24.2 Å². The monoisotopic (exact) mass is 352 g/mol. The standard InChI is InChI=1S/C18H28N2O5/c1-19(10-15-4-3-8-24-15)11-16-5-6-18(25-16)13-20(7-9-23-14-18)17(21)12-22-2/h3-4,8,16H,5-7,9-14H2,1-2H3/t16-,18-/m1/s1. The molecule has 0 N–H and O–H groups in total. The van der Waals surface area contributed by atoms with Crippen LogP contribution in [0.4, 0.5) is 0 Å². The summed E-state index contributed by atoms with van der Waals surface area (Å²) in [5, 5.41) is 0. The molecule has 2 atom stereocenters. The minimum absolute atomic E-state index is 0.00522. The molecule has 0 unspecified atom stereocenters. The highest BCUT2D eigenvalue weighted by Crippen LogP contribution is 2.33. The zero-order valence-corrected chi connectivity index (χ0v) is 15.1. The summed E-state index contributed by atoms with van der Waals surface area (Å²) in [6.45, 7) is 3.95. The van der Waals surface area contributed by atoms with Crippen molar-refractivity contribution in [1.29, 1.82) is 0 Å². The number of nitrogens with zero attached hydrogens (tertiary/aromatic N) is 2. The molecule has 7 nitrogen and oxygen atoms in total. The zero-order valence-electron chi connectivity index (χ0n) is 15.1. The molecule has 2 aliphatic heterocycles. The highest BCUT2D eigenvalue weighted by molar-refractivity contribution is 5.77. The molecule has 2 aliphatic rings. The number of methoxy groups -OCH3 is 1. The van der Waals surface area contributed by atoms with Crippen LogP contribution >= 0.6 is 0 Å². The van der Waals surface area contributed by atoms with Crippen LogP contribution in [0.25, 0.3) is 0 Å². The maximum Gasteiger partial charge on any atom is 0.248 e. The Morgan fingerprint density at radius 2 is 2.40 bits per heavy atom. The third-order valence-electron chi connectivity index (χ3n) is 4.83. The van der Waals surface area contributed by atoms with Crippen molar-refractivity contribution in [2.45, 2.75) is 31.1 Å². The SMILES string of the molecule is COCC(=O)N1CCOC[C@@]2(CC[C@H](CN(C)Cc3ccco3)O2)C1. The summed E-state index contributed by atoms with van der Waals surface area (Å²) < 4.78 is 22.5. The number of carbonyl (C=O) groups is 1. The van der Waals surface area contributed by atoms with Gasteiger partial charge in [-0.2, -0.15) is 0 Å². The molecule has 7 heteroatoms. The third-order valence-corrected chi connectivity index (χ3v) is 4.83. The van der Waals surface area contributed by atoms with Gasteiger partial charge >= 0.3 is 0 Å². The van der Waals surface area contributed by atoms with Gasteiger partial charge < -0.3 is 23.5 Å². The second kappa shape index (κ2) is 8.31. The number of amides is 1. The molecule has 2 fully saturated rings. The molecule has 25 heavy (non-hydrogen) atoms. The van der Waals surface area contributed by atoms with Crippen molar-refractivity contribution < 1.29 is 23.4 Å². The van der Waals surface area contributed by atoms with E-state index in [9.17, 15) is 4.79 Å². The van der Waals surface area contributed by atoms with E-state index in [1.807, 2.05) is 17.0 Å². The second-order valence-corrected chi connectivity index (χ2v) is 7.04. The Hall–Kier alpha value is -1.41. The first-order valence-electron chi connectivity index (χ1n) is 8.83. The molecule has 1 aromatic rings. The Morgan fingerprint density at radius 1 is 1.52 bits per heavy atom. The van der Waals surface area contributed by atoms with Crippen molar-refractivity contribution in [2.75, 3.05) is 53.6 Å². The van der Waals surface area contributed by atoms with E-state index in [0.717, 1.165) is 31.7 Å². The first-order chi connectivity index (χ1) is 12.1. The smallest absolute Gasteiger partial charge is 0.248 e. The first kappa shape index (κ1) is 18.4. The van der Waals surface area contributed by atoms with Crippen LogP contribution in [-0.2, 0) is 25.5 Å². The molecular weight excluding hydrogens is 324 g/mol. The van der Waals surface area contributed by atoms with Crippen LogP contribution in [0, 0.1) is 0 Å². The van der Waals surface area contributed by atoms with E-state index in [-0.39, 0.29) is 18.6 Å². The van der Waals surface area contributed by atoms with Crippen LogP contribution in [0.5, 0.6) is 0 Å². The number of carbonyl (C=O) groups excluding carboxylic acids is 1. The normalized spacial score (nSPS) is 27.2. The molecule has 3 heterocycles. The topological polar surface area (TPSA) is 64.4 Å². The Morgan fingerprint density at radius 3 is 3.16 bits per heavy atom. The lowest BCUT2D eigenvalue weighted by Gasteiger charge is -2.32. The van der Waals surface area contributed by atoms with Crippen molar-refractivity contribution in [3.63, 3.8) is 0 Å². The molecule has 0 aliphatic carbocycles. The van der Waals surface area contributed by atoms with Gasteiger partial charge in [-0.05, 0) is 32.0 Å². The van der Waals surface area contributed by atoms with Crippen LogP contribution in [-0.4, -0.2) is 81.0 Å². The summed E-state index contributed by atoms with van der Waals surface area (Å²) in [4.78, 5) is 16.2. The predicted molar refractivity (Wildman–Crippen MR) is 91.2 cm³/mol. The highest BCUT2D eigenvalue weighted by atomic mass is 16.6. The number of likely N-dealkylation sites (N-methyl/N-ethyl adjacent to an activating group) is 1. The quantitative estimate of drug-likeness (QED) is 0.765. The van der Waals surface area contributed by atoms with Crippen LogP contribution in [0.3, 0.4) is 0 Å². The lowest BCUT2D eigenvalue weighted by molar-refractivity contribution is -0.140. The second-order valence-electron chi connectivity index (χ2n) is 7.04. The number of rotatable bonds is 6. The van der Waals surface area contributed by atoms with Crippen LogP contribution in [0.2, 0.25) is 0 Å². The van der Waals surface area contributed by atoms with E-state index in [1.165, 1.54) is 0 Å². The fourth-order valence-electron chi connectivity index (χ4n) is 3.66. The minimum Gasteiger partial charge on any atom is -0.468 e. The number of hydrogen-bond donors (Lipinski definition) is 0. The van der Waals surface area contributed by atoms with Gasteiger partial charge in [0.1, 0.15) is 18.0 Å². The number of ether oxygens (including phenoxy) is 3. The van der Waals surface area contributed by atoms with Gasteiger partial charge in [0, 0.05) is 20.2 Å². The number of hydrogen-bond acceptors (Lipinski definition) is 6. The lowest BCUT2D eigenvalue weighted by Crippen LogP contribution is -2.48. The molecule has 0 radical (unpaired) electrons. The van der Waals surface area contributed by atoms with Crippen molar-refractivity contribution in [3.8, 4) is 0 Å². The molecule has 0 aromatic carbocycles. The van der Waals surface area contributed by atoms with Gasteiger partial charge in [0.25, 0.3) is 0 Å². The molecule has 0 bridgehead atoms. The lowest BCUT2D eigenvalue weighted by atomic mass is 10.00. The molecule has 1 spiro atoms. The molecule has 3 rings (SSSR count). The number of furan rings is 1. The van der Waals surface area contributed by atoms with Crippen molar-refractivity contribution in [2.24, 2.45) is 0 Å². The van der Waals surface area contributed by atoms with Gasteiger partial charge in [-0.3, -0.25) is 9.69 Å². The Balaban J connectivity index is 1.55. The van der Waals surface area contributed by atoms with Gasteiger partial charge in [0.05, 0.1) is 38.7 Å². The predicted octanol–water partition coefficient (Wildman–Crippen LogP) is 1.13. The van der Waals surface area contributed by atoms with Crippen molar-refractivity contribution in [1.82, 2.24) is 9.80 Å². The zero-order chi connectivity index (χ0) is 17.7. The fourth-order valence-corrected chi connectivity index (χ4v) is 3.66. The third kappa shape index (κ3) is 4.82. The van der Waals surface area contributed by atoms with E-state index in [1.54, 1.807) is 13.4 Å². The summed E-state index contributed by atoms with van der Waals surface area (Å²) in [6.07, 6.45) is 3.71. The molecule has 2 saturated heterocycles. The van der Waals surface area contributed by atoms with Crippen LogP contribution in [0.1, 0.15) is 18.6 Å². The fraction of sp³-hybridized carbons (Fsp3) is 0.722. The minimum atomic E-state index is -0.393. The molecule has 140 valence electrons. The van der Waals surface area contributed by atoms with E-state index < -0.39 is 5.60 Å². The van der Waals surface area contributed by atoms with Gasteiger partial charge in [-0.25, -0.2) is 0 Å². The Bertz CT molecular complexity index is 550. The summed E-state index contributed by atoms with van der Waals surface area (Å²) >= 11 is 0. The molecule has 1 aromatic heterocycles. The summed E-state index contributed by atoms with van der Waals surface area (Å²) in [5.41, 5.74) is -0.393. The average molecular weight is 352 g/mol. The van der Waals surface area contributed by atoms with E-state index >= 15 is 0 Å². The average Bonchev–Trinajstić information content (AvgIpc) is 3.15. The summed E-state index contributed by atoms with van der Waals surface area (Å²) in [6, 6.07) is 3.88. The van der Waals surface area contributed by atoms with E-state index in [0.29, 0.717) is 26.3 Å². The Labute approximate surface area is 148 Å². The highest BCUT2D eigenvalue weighted by Gasteiger charge is 2.44. The maximum absolute atomic E-state index is 12.2. The van der Waals surface area contributed by atoms with E-state index in [2.05, 4.69) is 11.9 Å². The van der Waals surface area contributed by atoms with Gasteiger partial charge in [0.2, 0.25) is 5.91 Å². The van der Waals surface area contributed by atoms with Crippen LogP contribution < -0.4 is 0 Å². The molecular formula is C18H28N2O5. The van der Waals surface area contributed by atoms with Gasteiger partial charge in [0.15, 0.2) is 0 Å². The van der Waals surface area contributed by atoms with Crippen molar-refractivity contribution >= 4 is 5.91 Å². The molecule has 1 amide bonds. The van der Waals surface area contributed by atoms with Crippen LogP contribution in [0.15, 0.2) is 22.8 Å². The Kier molecular flexibility index (Phi) is 6.11.